The van der Waals surface area contributed by atoms with Gasteiger partial charge in [0.1, 0.15) is 0 Å². The molecule has 98 valence electrons. The molecule has 3 heteroatoms. The highest BCUT2D eigenvalue weighted by molar-refractivity contribution is 5.75. The number of nitrogens with zero attached hydrogens (tertiary/aromatic N) is 1. The third-order valence-corrected chi connectivity index (χ3v) is 3.66. The zero-order chi connectivity index (χ0) is 13.2. The molecule has 0 unspecified atom stereocenters. The van der Waals surface area contributed by atoms with Gasteiger partial charge in [-0.15, -0.1) is 0 Å². The van der Waals surface area contributed by atoms with E-state index >= 15 is 0 Å². The largest absolute Gasteiger partial charge is 0.349 e. The van der Waals surface area contributed by atoms with Gasteiger partial charge >= 0.3 is 0 Å². The minimum Gasteiger partial charge on any atom is -0.349 e. The Balaban J connectivity index is 2.01. The molecule has 1 aliphatic rings. The molecule has 1 aliphatic carbocycles. The van der Waals surface area contributed by atoms with Crippen molar-refractivity contribution in [3.63, 3.8) is 0 Å². The van der Waals surface area contributed by atoms with Gasteiger partial charge in [0.05, 0.1) is 0 Å². The van der Waals surface area contributed by atoms with Crippen molar-refractivity contribution >= 4 is 5.91 Å². The quantitative estimate of drug-likeness (QED) is 0.860. The van der Waals surface area contributed by atoms with E-state index in [9.17, 15) is 4.79 Å². The summed E-state index contributed by atoms with van der Waals surface area (Å²) >= 11 is 0. The van der Waals surface area contributed by atoms with Gasteiger partial charge in [-0.1, -0.05) is 24.3 Å². The van der Waals surface area contributed by atoms with Crippen LogP contribution in [0, 0.1) is 0 Å². The highest BCUT2D eigenvalue weighted by Gasteiger charge is 2.38. The topological polar surface area (TPSA) is 46.3 Å². The lowest BCUT2D eigenvalue weighted by molar-refractivity contribution is -0.128. The molecule has 2 rings (SSSR count). The Morgan fingerprint density at radius 3 is 2.44 bits per heavy atom. The molecule has 1 fully saturated rings. The molecule has 0 bridgehead atoms. The number of carbonyl (C=O) groups excluding carboxylic acids is 1. The maximum Gasteiger partial charge on any atom is 0.222 e. The van der Waals surface area contributed by atoms with E-state index < -0.39 is 0 Å². The third-order valence-electron chi connectivity index (χ3n) is 3.66. The van der Waals surface area contributed by atoms with Gasteiger partial charge in [-0.25, -0.2) is 0 Å². The molecular weight excluding hydrogens is 224 g/mol. The van der Waals surface area contributed by atoms with Crippen LogP contribution >= 0.6 is 0 Å². The van der Waals surface area contributed by atoms with Crippen molar-refractivity contribution in [1.82, 2.24) is 4.90 Å². The van der Waals surface area contributed by atoms with Gasteiger partial charge in [-0.3, -0.25) is 4.79 Å². The molecule has 18 heavy (non-hydrogen) atoms. The molecule has 3 nitrogen and oxygen atoms in total. The Morgan fingerprint density at radius 2 is 1.89 bits per heavy atom. The predicted octanol–water partition coefficient (Wildman–Crippen LogP) is 1.74. The van der Waals surface area contributed by atoms with Crippen molar-refractivity contribution in [1.29, 1.82) is 0 Å². The van der Waals surface area contributed by atoms with Crippen LogP contribution in [-0.4, -0.2) is 30.4 Å². The van der Waals surface area contributed by atoms with Crippen molar-refractivity contribution in [3.05, 3.63) is 35.4 Å². The normalized spacial score (nSPS) is 16.4. The molecule has 0 saturated heterocycles. The summed E-state index contributed by atoms with van der Waals surface area (Å²) in [5.74, 6) is 0.179. The van der Waals surface area contributed by atoms with E-state index in [4.69, 9.17) is 5.73 Å². The zero-order valence-electron chi connectivity index (χ0n) is 11.3. The molecule has 1 saturated carbocycles. The summed E-state index contributed by atoms with van der Waals surface area (Å²) in [7, 11) is 3.60. The summed E-state index contributed by atoms with van der Waals surface area (Å²) in [5, 5.41) is 0. The van der Waals surface area contributed by atoms with Crippen LogP contribution in [0.15, 0.2) is 24.3 Å². The van der Waals surface area contributed by atoms with Gasteiger partial charge in [0.15, 0.2) is 0 Å². The summed E-state index contributed by atoms with van der Waals surface area (Å²) < 4.78 is 0. The molecule has 0 aliphatic heterocycles. The van der Waals surface area contributed by atoms with E-state index in [0.29, 0.717) is 6.42 Å². The fourth-order valence-corrected chi connectivity index (χ4v) is 2.16. The highest BCUT2D eigenvalue weighted by atomic mass is 16.2. The average Bonchev–Trinajstić information content (AvgIpc) is 3.05. The van der Waals surface area contributed by atoms with Crippen molar-refractivity contribution in [3.8, 4) is 0 Å². The minimum absolute atomic E-state index is 0.0294. The molecule has 2 N–H and O–H groups in total. The fourth-order valence-electron chi connectivity index (χ4n) is 2.16. The van der Waals surface area contributed by atoms with Crippen LogP contribution in [0.25, 0.3) is 0 Å². The fraction of sp³-hybridized carbons (Fsp3) is 0.533. The molecule has 0 atom stereocenters. The number of aryl methyl sites for hydroxylation is 1. The van der Waals surface area contributed by atoms with E-state index in [2.05, 4.69) is 18.2 Å². The second kappa shape index (κ2) is 5.11. The minimum atomic E-state index is 0.0294. The average molecular weight is 246 g/mol. The second-order valence-corrected chi connectivity index (χ2v) is 5.60. The summed E-state index contributed by atoms with van der Waals surface area (Å²) in [6, 6.07) is 8.35. The maximum atomic E-state index is 11.6. The van der Waals surface area contributed by atoms with Crippen LogP contribution in [0.2, 0.25) is 0 Å². The molecule has 1 amide bonds. The standard InChI is InChI=1S/C15H22N2O/c1-17(2)14(18)8-7-12-5-3-4-6-13(12)11-15(16)9-10-15/h3-6H,7-11,16H2,1-2H3. The Kier molecular flexibility index (Phi) is 3.71. The van der Waals surface area contributed by atoms with Gasteiger partial charge in [-0.2, -0.15) is 0 Å². The summed E-state index contributed by atoms with van der Waals surface area (Å²) in [5.41, 5.74) is 8.78. The highest BCUT2D eigenvalue weighted by Crippen LogP contribution is 2.36. The van der Waals surface area contributed by atoms with E-state index in [1.165, 1.54) is 11.1 Å². The van der Waals surface area contributed by atoms with Crippen LogP contribution < -0.4 is 5.73 Å². The van der Waals surface area contributed by atoms with Crippen LogP contribution in [0.1, 0.15) is 30.4 Å². The van der Waals surface area contributed by atoms with Crippen molar-refractivity contribution in [2.45, 2.75) is 37.6 Å². The van der Waals surface area contributed by atoms with Gasteiger partial charge in [0, 0.05) is 26.1 Å². The second-order valence-electron chi connectivity index (χ2n) is 5.60. The number of rotatable bonds is 5. The van der Waals surface area contributed by atoms with Crippen LogP contribution in [0.4, 0.5) is 0 Å². The van der Waals surface area contributed by atoms with E-state index in [1.807, 2.05) is 6.07 Å². The molecule has 0 heterocycles. The van der Waals surface area contributed by atoms with E-state index in [1.54, 1.807) is 19.0 Å². The number of hydrogen-bond donors (Lipinski definition) is 1. The van der Waals surface area contributed by atoms with Crippen molar-refractivity contribution in [2.24, 2.45) is 5.73 Å². The third kappa shape index (κ3) is 3.33. The number of hydrogen-bond acceptors (Lipinski definition) is 2. The monoisotopic (exact) mass is 246 g/mol. The number of benzene rings is 1. The zero-order valence-corrected chi connectivity index (χ0v) is 11.3. The lowest BCUT2D eigenvalue weighted by atomic mass is 9.96. The summed E-state index contributed by atoms with van der Waals surface area (Å²) in [4.78, 5) is 13.3. The predicted molar refractivity (Wildman–Crippen MR) is 73.3 cm³/mol. The number of amides is 1. The maximum absolute atomic E-state index is 11.6. The van der Waals surface area contributed by atoms with Crippen LogP contribution in [0.5, 0.6) is 0 Å². The molecule has 0 spiro atoms. The first-order chi connectivity index (χ1) is 8.50. The van der Waals surface area contributed by atoms with Crippen LogP contribution in [-0.2, 0) is 17.6 Å². The number of nitrogens with two attached hydrogens (primary N) is 1. The molecule has 0 aromatic heterocycles. The van der Waals surface area contributed by atoms with Crippen LogP contribution in [0.3, 0.4) is 0 Å². The van der Waals surface area contributed by atoms with E-state index in [0.717, 1.165) is 25.7 Å². The lowest BCUT2D eigenvalue weighted by Crippen LogP contribution is -2.25. The Morgan fingerprint density at radius 1 is 1.28 bits per heavy atom. The molecular formula is C15H22N2O. The molecule has 1 aromatic rings. The summed E-state index contributed by atoms with van der Waals surface area (Å²) in [6.07, 6.45) is 4.57. The van der Waals surface area contributed by atoms with E-state index in [-0.39, 0.29) is 11.4 Å². The summed E-state index contributed by atoms with van der Waals surface area (Å²) in [6.45, 7) is 0. The SMILES string of the molecule is CN(C)C(=O)CCc1ccccc1CC1(N)CC1. The Hall–Kier alpha value is -1.35. The van der Waals surface area contributed by atoms with Crippen molar-refractivity contribution < 1.29 is 4.79 Å². The van der Waals surface area contributed by atoms with Gasteiger partial charge in [0.25, 0.3) is 0 Å². The van der Waals surface area contributed by atoms with Gasteiger partial charge < -0.3 is 10.6 Å². The lowest BCUT2D eigenvalue weighted by Gasteiger charge is -2.14. The molecule has 0 radical (unpaired) electrons. The molecule has 1 aromatic carbocycles. The van der Waals surface area contributed by atoms with Gasteiger partial charge in [-0.05, 0) is 36.8 Å². The first kappa shape index (κ1) is 13.1. The first-order valence-corrected chi connectivity index (χ1v) is 6.56. The Labute approximate surface area is 109 Å². The number of carbonyl (C=O) groups is 1. The Bertz CT molecular complexity index is 436. The smallest absolute Gasteiger partial charge is 0.222 e. The van der Waals surface area contributed by atoms with Crippen molar-refractivity contribution in [2.75, 3.05) is 14.1 Å². The van der Waals surface area contributed by atoms with Gasteiger partial charge in [0.2, 0.25) is 5.91 Å². The first-order valence-electron chi connectivity index (χ1n) is 6.56.